The predicted octanol–water partition coefficient (Wildman–Crippen LogP) is 4.25. The van der Waals surface area contributed by atoms with Gasteiger partial charge in [0.1, 0.15) is 5.00 Å². The normalized spacial score (nSPS) is 16.1. The highest BCUT2D eigenvalue weighted by Gasteiger charge is 2.43. The summed E-state index contributed by atoms with van der Waals surface area (Å²) in [7, 11) is 0. The minimum absolute atomic E-state index is 0.205. The third-order valence-corrected chi connectivity index (χ3v) is 5.87. The number of aryl methyl sites for hydroxylation is 2. The van der Waals surface area contributed by atoms with Crippen molar-refractivity contribution in [2.24, 2.45) is 0 Å². The van der Waals surface area contributed by atoms with E-state index in [1.807, 2.05) is 36.0 Å². The molecule has 10 heteroatoms. The van der Waals surface area contributed by atoms with Gasteiger partial charge in [0.2, 0.25) is 0 Å². The molecule has 0 radical (unpaired) electrons. The fourth-order valence-electron chi connectivity index (χ4n) is 3.71. The number of anilines is 2. The van der Waals surface area contributed by atoms with E-state index in [0.717, 1.165) is 34.1 Å². The average Bonchev–Trinajstić information content (AvgIpc) is 3.39. The number of aromatic amines is 1. The number of alkyl halides is 2. The van der Waals surface area contributed by atoms with E-state index in [1.165, 1.54) is 17.2 Å². The highest BCUT2D eigenvalue weighted by Crippen LogP contribution is 2.31. The van der Waals surface area contributed by atoms with Crippen molar-refractivity contribution >= 4 is 28.0 Å². The van der Waals surface area contributed by atoms with E-state index in [0.29, 0.717) is 18.0 Å². The summed E-state index contributed by atoms with van der Waals surface area (Å²) in [5.74, 6) is -1.93. The Morgan fingerprint density at radius 1 is 1.30 bits per heavy atom. The largest absolute Gasteiger partial charge is 0.364 e. The second-order valence-electron chi connectivity index (χ2n) is 7.64. The van der Waals surface area contributed by atoms with Crippen molar-refractivity contribution in [1.82, 2.24) is 28.6 Å². The van der Waals surface area contributed by atoms with Crippen LogP contribution < -0.4 is 5.32 Å². The number of nitrogens with one attached hydrogen (secondary N) is 2. The predicted molar refractivity (Wildman–Crippen MR) is 113 cm³/mol. The van der Waals surface area contributed by atoms with Gasteiger partial charge in [0.25, 0.3) is 5.92 Å². The summed E-state index contributed by atoms with van der Waals surface area (Å²) in [5.41, 5.74) is 5.56. The molecule has 0 aromatic carbocycles. The van der Waals surface area contributed by atoms with Crippen molar-refractivity contribution in [1.29, 1.82) is 0 Å². The molecule has 1 saturated heterocycles. The third kappa shape index (κ3) is 3.56. The first-order valence-corrected chi connectivity index (χ1v) is 10.5. The quantitative estimate of drug-likeness (QED) is 0.479. The van der Waals surface area contributed by atoms with Crippen molar-refractivity contribution in [3.8, 4) is 11.3 Å². The van der Waals surface area contributed by atoms with Crippen molar-refractivity contribution in [3.05, 3.63) is 47.8 Å². The molecule has 7 nitrogen and oxygen atoms in total. The van der Waals surface area contributed by atoms with Gasteiger partial charge in [-0.2, -0.15) is 4.37 Å². The number of aromatic nitrogens is 5. The van der Waals surface area contributed by atoms with Gasteiger partial charge in [0, 0.05) is 30.2 Å². The molecule has 4 aromatic rings. The zero-order valence-corrected chi connectivity index (χ0v) is 17.4. The maximum Gasteiger partial charge on any atom is 0.272 e. The van der Waals surface area contributed by atoms with Crippen LogP contribution in [-0.2, 0) is 13.0 Å². The van der Waals surface area contributed by atoms with Crippen LogP contribution in [0.15, 0.2) is 30.7 Å². The van der Waals surface area contributed by atoms with Crippen molar-refractivity contribution in [2.45, 2.75) is 32.7 Å². The molecule has 0 saturated carbocycles. The van der Waals surface area contributed by atoms with Gasteiger partial charge in [-0.1, -0.05) is 6.92 Å². The van der Waals surface area contributed by atoms with Gasteiger partial charge in [-0.25, -0.2) is 18.7 Å². The lowest BCUT2D eigenvalue weighted by Crippen LogP contribution is -2.55. The molecule has 1 aliphatic heterocycles. The summed E-state index contributed by atoms with van der Waals surface area (Å²) < 4.78 is 32.5. The third-order valence-electron chi connectivity index (χ3n) is 5.13. The molecule has 0 amide bonds. The van der Waals surface area contributed by atoms with Gasteiger partial charge in [-0.3, -0.25) is 9.30 Å². The molecule has 5 heterocycles. The van der Waals surface area contributed by atoms with Crippen LogP contribution in [0.25, 0.3) is 16.9 Å². The molecule has 4 aromatic heterocycles. The summed E-state index contributed by atoms with van der Waals surface area (Å²) >= 11 is 1.29. The Labute approximate surface area is 176 Å². The van der Waals surface area contributed by atoms with Gasteiger partial charge in [-0.05, 0) is 37.0 Å². The van der Waals surface area contributed by atoms with Gasteiger partial charge in [-0.15, -0.1) is 0 Å². The smallest absolute Gasteiger partial charge is 0.272 e. The lowest BCUT2D eigenvalue weighted by atomic mass is 10.1. The van der Waals surface area contributed by atoms with E-state index in [1.54, 1.807) is 4.90 Å². The standard InChI is InChI=1S/C20H21F2N7S/c1-3-14-4-13(6-23-14)16-7-24-19-18(25-12(2)8-29(16)19)26-17-5-15(27-30-17)9-28-10-20(21,22)11-28/h4-8,23H,3,9-11H2,1-2H3,(H,25,26). The molecule has 30 heavy (non-hydrogen) atoms. The Hall–Kier alpha value is -2.85. The fraction of sp³-hybridized carbons (Fsp3) is 0.350. The number of fused-ring (bicyclic) bond motifs is 1. The Balaban J connectivity index is 1.40. The molecular weight excluding hydrogens is 408 g/mol. The van der Waals surface area contributed by atoms with E-state index in [-0.39, 0.29) is 13.1 Å². The van der Waals surface area contributed by atoms with E-state index >= 15 is 0 Å². The number of likely N-dealkylation sites (tertiary alicyclic amines) is 1. The van der Waals surface area contributed by atoms with E-state index in [9.17, 15) is 8.78 Å². The van der Waals surface area contributed by atoms with Crippen LogP contribution >= 0.6 is 11.5 Å². The van der Waals surface area contributed by atoms with Gasteiger partial charge in [0.05, 0.1) is 36.4 Å². The summed E-state index contributed by atoms with van der Waals surface area (Å²) in [6.07, 6.45) is 6.73. The maximum atomic E-state index is 13.0. The van der Waals surface area contributed by atoms with E-state index in [4.69, 9.17) is 0 Å². The molecule has 1 aliphatic rings. The van der Waals surface area contributed by atoms with Crippen LogP contribution in [-0.4, -0.2) is 47.6 Å². The molecule has 2 N–H and O–H groups in total. The molecule has 0 spiro atoms. The number of halogens is 2. The van der Waals surface area contributed by atoms with Gasteiger partial charge in [0.15, 0.2) is 11.5 Å². The minimum Gasteiger partial charge on any atom is -0.364 e. The molecular formula is C20H21F2N7S. The Morgan fingerprint density at radius 2 is 2.13 bits per heavy atom. The summed E-state index contributed by atoms with van der Waals surface area (Å²) in [6, 6.07) is 4.01. The number of hydrogen-bond donors (Lipinski definition) is 2. The summed E-state index contributed by atoms with van der Waals surface area (Å²) in [4.78, 5) is 14.2. The first-order chi connectivity index (χ1) is 14.4. The number of rotatable bonds is 6. The lowest BCUT2D eigenvalue weighted by Gasteiger charge is -2.38. The van der Waals surface area contributed by atoms with Crippen LogP contribution in [0.5, 0.6) is 0 Å². The Bertz CT molecular complexity index is 1200. The first kappa shape index (κ1) is 19.1. The molecule has 0 bridgehead atoms. The maximum absolute atomic E-state index is 13.0. The number of imidazole rings is 1. The second-order valence-corrected chi connectivity index (χ2v) is 8.45. The van der Waals surface area contributed by atoms with E-state index in [2.05, 4.69) is 37.6 Å². The van der Waals surface area contributed by atoms with Crippen molar-refractivity contribution < 1.29 is 8.78 Å². The molecule has 0 unspecified atom stereocenters. The van der Waals surface area contributed by atoms with Crippen LogP contribution in [0.2, 0.25) is 0 Å². The number of nitrogens with zero attached hydrogens (tertiary/aromatic N) is 5. The van der Waals surface area contributed by atoms with Crippen LogP contribution in [0.4, 0.5) is 19.6 Å². The Kier molecular flexibility index (Phi) is 4.55. The van der Waals surface area contributed by atoms with Crippen LogP contribution in [0.1, 0.15) is 24.0 Å². The molecule has 0 atom stereocenters. The van der Waals surface area contributed by atoms with Crippen molar-refractivity contribution in [3.63, 3.8) is 0 Å². The topological polar surface area (TPSA) is 74.1 Å². The average molecular weight is 430 g/mol. The highest BCUT2D eigenvalue weighted by molar-refractivity contribution is 7.10. The van der Waals surface area contributed by atoms with Gasteiger partial charge < -0.3 is 10.3 Å². The minimum atomic E-state index is -2.57. The molecule has 156 valence electrons. The summed E-state index contributed by atoms with van der Waals surface area (Å²) in [6.45, 7) is 4.06. The lowest BCUT2D eigenvalue weighted by molar-refractivity contribution is -0.134. The first-order valence-electron chi connectivity index (χ1n) is 9.75. The highest BCUT2D eigenvalue weighted by atomic mass is 32.1. The van der Waals surface area contributed by atoms with Crippen LogP contribution in [0.3, 0.4) is 0 Å². The number of hydrogen-bond acceptors (Lipinski definition) is 6. The zero-order valence-electron chi connectivity index (χ0n) is 16.6. The SMILES string of the molecule is CCc1cc(-c2cnc3c(Nc4cc(CN5CC(F)(F)C5)ns4)nc(C)cn23)c[nH]1. The Morgan fingerprint density at radius 3 is 2.87 bits per heavy atom. The van der Waals surface area contributed by atoms with E-state index < -0.39 is 5.92 Å². The fourth-order valence-corrected chi connectivity index (χ4v) is 4.37. The van der Waals surface area contributed by atoms with Crippen molar-refractivity contribution in [2.75, 3.05) is 18.4 Å². The molecule has 0 aliphatic carbocycles. The second kappa shape index (κ2) is 7.13. The molecule has 1 fully saturated rings. The molecule has 5 rings (SSSR count). The monoisotopic (exact) mass is 429 g/mol. The zero-order chi connectivity index (χ0) is 20.9. The number of H-pyrrole nitrogens is 1. The van der Waals surface area contributed by atoms with Gasteiger partial charge >= 0.3 is 0 Å². The van der Waals surface area contributed by atoms with Crippen LogP contribution in [0, 0.1) is 6.92 Å². The summed E-state index contributed by atoms with van der Waals surface area (Å²) in [5, 5.41) is 4.10.